The van der Waals surface area contributed by atoms with Crippen molar-refractivity contribution in [1.82, 2.24) is 4.57 Å². The molecule has 0 bridgehead atoms. The van der Waals surface area contributed by atoms with E-state index in [-0.39, 0.29) is 11.3 Å². The summed E-state index contributed by atoms with van der Waals surface area (Å²) in [5, 5.41) is 11.7. The predicted octanol–water partition coefficient (Wildman–Crippen LogP) is 2.89. The molecule has 0 aliphatic heterocycles. The number of carbonyl (C=O) groups excluding carboxylic acids is 2. The van der Waals surface area contributed by atoms with Crippen LogP contribution in [0.5, 0.6) is 0 Å². The van der Waals surface area contributed by atoms with Crippen molar-refractivity contribution in [2.24, 2.45) is 0 Å². The van der Waals surface area contributed by atoms with Crippen LogP contribution in [0, 0.1) is 10.1 Å². The van der Waals surface area contributed by atoms with Gasteiger partial charge in [0.15, 0.2) is 0 Å². The molecular weight excluding hydrogens is 312 g/mol. The van der Waals surface area contributed by atoms with E-state index in [2.05, 4.69) is 4.74 Å². The lowest BCUT2D eigenvalue weighted by Crippen LogP contribution is -2.15. The van der Waals surface area contributed by atoms with E-state index >= 15 is 0 Å². The number of nitro groups is 1. The molecule has 3 rings (SSSR count). The highest BCUT2D eigenvalue weighted by atomic mass is 16.6. The van der Waals surface area contributed by atoms with Gasteiger partial charge in [-0.1, -0.05) is 18.2 Å². The maximum Gasteiger partial charge on any atom is 0.379 e. The lowest BCUT2D eigenvalue weighted by Gasteiger charge is -2.05. The Kier molecular flexibility index (Phi) is 3.83. The van der Waals surface area contributed by atoms with Crippen LogP contribution in [-0.2, 0) is 9.53 Å². The summed E-state index contributed by atoms with van der Waals surface area (Å²) >= 11 is 0. The molecule has 7 nitrogen and oxygen atoms in total. The average molecular weight is 324 g/mol. The molecule has 1 aromatic heterocycles. The third-order valence-electron chi connectivity index (χ3n) is 3.65. The highest BCUT2D eigenvalue weighted by Crippen LogP contribution is 2.31. The van der Waals surface area contributed by atoms with E-state index in [1.807, 2.05) is 6.07 Å². The van der Waals surface area contributed by atoms with Gasteiger partial charge in [-0.3, -0.25) is 14.9 Å². The fourth-order valence-corrected chi connectivity index (χ4v) is 2.51. The van der Waals surface area contributed by atoms with Crippen molar-refractivity contribution in [3.63, 3.8) is 0 Å². The van der Waals surface area contributed by atoms with Crippen molar-refractivity contribution in [1.29, 1.82) is 0 Å². The van der Waals surface area contributed by atoms with Gasteiger partial charge in [0.05, 0.1) is 29.1 Å². The number of esters is 1. The Hall–Kier alpha value is -3.48. The number of para-hydroxylation sites is 1. The minimum absolute atomic E-state index is 0.0779. The summed E-state index contributed by atoms with van der Waals surface area (Å²) in [6, 6.07) is 13.3. The number of Topliss-reactive ketones (excluding diaryl/α,β-unsaturated/α-hetero) is 1. The first-order chi connectivity index (χ1) is 11.5. The quantitative estimate of drug-likeness (QED) is 0.242. The zero-order valence-electron chi connectivity index (χ0n) is 12.6. The van der Waals surface area contributed by atoms with Gasteiger partial charge in [-0.25, -0.2) is 4.79 Å². The van der Waals surface area contributed by atoms with Crippen molar-refractivity contribution in [3.05, 3.63) is 70.4 Å². The van der Waals surface area contributed by atoms with Crippen LogP contribution in [0.15, 0.2) is 54.7 Å². The summed E-state index contributed by atoms with van der Waals surface area (Å²) in [6.45, 7) is 0. The number of hydrogen-bond donors (Lipinski definition) is 0. The molecule has 1 heterocycles. The maximum absolute atomic E-state index is 12.0. The number of aromatic nitrogens is 1. The Balaban J connectivity index is 2.25. The summed E-state index contributed by atoms with van der Waals surface area (Å²) in [5.74, 6) is -1.79. The van der Waals surface area contributed by atoms with E-state index < -0.39 is 16.7 Å². The summed E-state index contributed by atoms with van der Waals surface area (Å²) < 4.78 is 6.05. The topological polar surface area (TPSA) is 91.4 Å². The molecule has 0 saturated carbocycles. The molecule has 0 aliphatic rings. The highest BCUT2D eigenvalue weighted by Gasteiger charge is 2.22. The van der Waals surface area contributed by atoms with Crippen LogP contribution in [0.1, 0.15) is 10.4 Å². The Morgan fingerprint density at radius 1 is 1.12 bits per heavy atom. The third-order valence-corrected chi connectivity index (χ3v) is 3.65. The van der Waals surface area contributed by atoms with E-state index in [1.54, 1.807) is 28.8 Å². The first-order valence-electron chi connectivity index (χ1n) is 7.00. The van der Waals surface area contributed by atoms with Gasteiger partial charge < -0.3 is 9.30 Å². The molecule has 120 valence electrons. The predicted molar refractivity (Wildman–Crippen MR) is 86.3 cm³/mol. The largest absolute Gasteiger partial charge is 0.463 e. The lowest BCUT2D eigenvalue weighted by atomic mass is 10.1. The fraction of sp³-hybridized carbons (Fsp3) is 0.0588. The normalized spacial score (nSPS) is 10.5. The number of fused-ring (bicyclic) bond motifs is 1. The van der Waals surface area contributed by atoms with Crippen molar-refractivity contribution >= 4 is 28.3 Å². The Bertz CT molecular complexity index is 960. The zero-order chi connectivity index (χ0) is 17.3. The number of methoxy groups -OCH3 is 1. The van der Waals surface area contributed by atoms with Crippen LogP contribution >= 0.6 is 0 Å². The van der Waals surface area contributed by atoms with Crippen LogP contribution in [-0.4, -0.2) is 28.4 Å². The molecule has 0 fully saturated rings. The lowest BCUT2D eigenvalue weighted by molar-refractivity contribution is -0.383. The molecule has 0 saturated heterocycles. The molecule has 0 N–H and O–H groups in total. The monoisotopic (exact) mass is 324 g/mol. The first kappa shape index (κ1) is 15.4. The average Bonchev–Trinajstić information content (AvgIpc) is 3.00. The van der Waals surface area contributed by atoms with Gasteiger partial charge in [0, 0.05) is 11.3 Å². The molecule has 0 unspecified atom stereocenters. The fourth-order valence-electron chi connectivity index (χ4n) is 2.51. The van der Waals surface area contributed by atoms with Crippen LogP contribution in [0.3, 0.4) is 0 Å². The SMILES string of the molecule is COC(=O)C(=O)c1ccc2c([N+](=O)[O-])cn(-c3ccccc3)c2c1. The second-order valence-corrected chi connectivity index (χ2v) is 5.03. The minimum atomic E-state index is -0.985. The van der Waals surface area contributed by atoms with Gasteiger partial charge >= 0.3 is 5.97 Å². The number of ether oxygens (including phenoxy) is 1. The first-order valence-corrected chi connectivity index (χ1v) is 7.00. The third kappa shape index (κ3) is 2.52. The number of rotatable bonds is 4. The van der Waals surface area contributed by atoms with Gasteiger partial charge in [-0.15, -0.1) is 0 Å². The highest BCUT2D eigenvalue weighted by molar-refractivity contribution is 6.40. The molecule has 3 aromatic rings. The van der Waals surface area contributed by atoms with E-state index in [9.17, 15) is 19.7 Å². The molecule has 7 heteroatoms. The molecule has 0 spiro atoms. The molecule has 2 aromatic carbocycles. The standard InChI is InChI=1S/C17H12N2O5/c1-24-17(21)16(20)11-7-8-13-14(9-11)18(10-15(13)19(22)23)12-5-3-2-4-6-12/h2-10H,1H3. The van der Waals surface area contributed by atoms with Gasteiger partial charge in [-0.05, 0) is 30.3 Å². The Labute approximate surface area is 136 Å². The second kappa shape index (κ2) is 5.96. The maximum atomic E-state index is 12.0. The zero-order valence-corrected chi connectivity index (χ0v) is 12.6. The van der Waals surface area contributed by atoms with Crippen LogP contribution in [0.4, 0.5) is 5.69 Å². The van der Waals surface area contributed by atoms with Crippen molar-refractivity contribution < 1.29 is 19.2 Å². The van der Waals surface area contributed by atoms with Gasteiger partial charge in [0.25, 0.3) is 11.5 Å². The second-order valence-electron chi connectivity index (χ2n) is 5.03. The Morgan fingerprint density at radius 3 is 2.46 bits per heavy atom. The smallest absolute Gasteiger partial charge is 0.379 e. The Morgan fingerprint density at radius 2 is 1.83 bits per heavy atom. The molecule has 0 amide bonds. The van der Waals surface area contributed by atoms with Crippen molar-refractivity contribution in [2.75, 3.05) is 7.11 Å². The number of nitrogens with zero attached hydrogens (tertiary/aromatic N) is 2. The van der Waals surface area contributed by atoms with E-state index in [4.69, 9.17) is 0 Å². The van der Waals surface area contributed by atoms with Gasteiger partial charge in [-0.2, -0.15) is 0 Å². The summed E-state index contributed by atoms with van der Waals surface area (Å²) in [7, 11) is 1.12. The number of ketones is 1. The van der Waals surface area contributed by atoms with E-state index in [0.717, 1.165) is 7.11 Å². The van der Waals surface area contributed by atoms with E-state index in [0.29, 0.717) is 16.6 Å². The van der Waals surface area contributed by atoms with Crippen molar-refractivity contribution in [2.45, 2.75) is 0 Å². The number of benzene rings is 2. The molecular formula is C17H12N2O5. The van der Waals surface area contributed by atoms with Gasteiger partial charge in [0.2, 0.25) is 0 Å². The van der Waals surface area contributed by atoms with Crippen molar-refractivity contribution in [3.8, 4) is 5.69 Å². The molecule has 0 aliphatic carbocycles. The van der Waals surface area contributed by atoms with Crippen LogP contribution < -0.4 is 0 Å². The van der Waals surface area contributed by atoms with Gasteiger partial charge in [0.1, 0.15) is 0 Å². The molecule has 24 heavy (non-hydrogen) atoms. The van der Waals surface area contributed by atoms with Crippen LogP contribution in [0.2, 0.25) is 0 Å². The number of carbonyl (C=O) groups is 2. The summed E-state index contributed by atoms with van der Waals surface area (Å²) in [6.07, 6.45) is 1.40. The minimum Gasteiger partial charge on any atom is -0.463 e. The van der Waals surface area contributed by atoms with E-state index in [1.165, 1.54) is 24.4 Å². The van der Waals surface area contributed by atoms with Crippen LogP contribution in [0.25, 0.3) is 16.6 Å². The summed E-state index contributed by atoms with van der Waals surface area (Å²) in [5.41, 5.74) is 1.20. The summed E-state index contributed by atoms with van der Waals surface area (Å²) in [4.78, 5) is 34.2. The molecule has 0 atom stereocenters. The number of hydrogen-bond acceptors (Lipinski definition) is 5. The molecule has 0 radical (unpaired) electrons.